The van der Waals surface area contributed by atoms with E-state index in [1.807, 2.05) is 0 Å². The highest BCUT2D eigenvalue weighted by molar-refractivity contribution is 6.74. The Morgan fingerprint density at radius 3 is 1.80 bits per heavy atom. The zero-order chi connectivity index (χ0) is 15.6. The first-order valence-corrected chi connectivity index (χ1v) is 9.11. The highest BCUT2D eigenvalue weighted by atomic mass is 28.4. The van der Waals surface area contributed by atoms with E-state index in [-0.39, 0.29) is 10.8 Å². The zero-order valence-corrected chi connectivity index (χ0v) is 13.3. The lowest BCUT2D eigenvalue weighted by molar-refractivity contribution is 0.241. The molecule has 0 unspecified atom stereocenters. The number of hydrogen-bond donors (Lipinski definition) is 0. The maximum atomic E-state index is 12.6. The molecule has 1 aromatic carbocycles. The molecule has 0 spiro atoms. The van der Waals surface area contributed by atoms with E-state index in [4.69, 9.17) is 4.43 Å². The molecule has 0 saturated heterocycles. The maximum Gasteiger partial charge on any atom is 0.344 e. The summed E-state index contributed by atoms with van der Waals surface area (Å²) in [5.74, 6) is 0.618. The minimum absolute atomic E-state index is 0.00196. The van der Waals surface area contributed by atoms with Crippen LogP contribution in [-0.2, 0) is 0 Å². The number of halogens is 3. The van der Waals surface area contributed by atoms with Crippen molar-refractivity contribution in [3.05, 3.63) is 36.4 Å². The first-order chi connectivity index (χ1) is 9.03. The van der Waals surface area contributed by atoms with Crippen molar-refractivity contribution in [2.75, 3.05) is 0 Å². The molecule has 0 bridgehead atoms. The summed E-state index contributed by atoms with van der Waals surface area (Å²) in [6.07, 6.45) is -2.48. The summed E-state index contributed by atoms with van der Waals surface area (Å²) < 4.78 is 46.8. The van der Waals surface area contributed by atoms with Gasteiger partial charge in [0.2, 0.25) is 8.32 Å². The topological polar surface area (TPSA) is 18.5 Å². The van der Waals surface area contributed by atoms with E-state index in [2.05, 4.69) is 38.6 Å². The van der Waals surface area contributed by atoms with E-state index in [0.29, 0.717) is 5.75 Å². The van der Waals surface area contributed by atoms with Crippen LogP contribution in [0.4, 0.5) is 13.2 Å². The summed E-state index contributed by atoms with van der Waals surface area (Å²) in [5.41, 5.74) is 0. The van der Waals surface area contributed by atoms with E-state index in [9.17, 15) is 13.2 Å². The fourth-order valence-electron chi connectivity index (χ4n) is 1.17. The van der Waals surface area contributed by atoms with Crippen molar-refractivity contribution in [3.8, 4) is 11.5 Å². The molecule has 1 aromatic rings. The van der Waals surface area contributed by atoms with Crippen molar-refractivity contribution in [3.63, 3.8) is 0 Å². The van der Waals surface area contributed by atoms with Crippen LogP contribution < -0.4 is 9.16 Å². The van der Waals surface area contributed by atoms with Gasteiger partial charge in [-0.1, -0.05) is 20.8 Å². The largest absolute Gasteiger partial charge is 0.543 e. The van der Waals surface area contributed by atoms with Gasteiger partial charge in [0.1, 0.15) is 11.5 Å². The third-order valence-electron chi connectivity index (χ3n) is 3.36. The standard InChI is InChI=1S/C14H19F3O2Si/c1-14(2,3)20(4,5)19-11-8-6-10(7-9-11)18-13(17)12(15)16/h6-9H,1-5H3. The molecule has 112 valence electrons. The second kappa shape index (κ2) is 5.91. The van der Waals surface area contributed by atoms with Crippen LogP contribution in [-0.4, -0.2) is 8.32 Å². The van der Waals surface area contributed by atoms with E-state index in [0.717, 1.165) is 0 Å². The Morgan fingerprint density at radius 1 is 0.950 bits per heavy atom. The minimum Gasteiger partial charge on any atom is -0.543 e. The number of benzene rings is 1. The predicted octanol–water partition coefficient (Wildman–Crippen LogP) is 5.48. The van der Waals surface area contributed by atoms with Crippen molar-refractivity contribution in [1.82, 2.24) is 0 Å². The van der Waals surface area contributed by atoms with Gasteiger partial charge in [-0.3, -0.25) is 0 Å². The lowest BCUT2D eigenvalue weighted by Crippen LogP contribution is -2.43. The number of ether oxygens (including phenoxy) is 1. The van der Waals surface area contributed by atoms with Crippen LogP contribution in [0.2, 0.25) is 18.1 Å². The number of rotatable bonds is 4. The quantitative estimate of drug-likeness (QED) is 0.541. The molecule has 1 rings (SSSR count). The first-order valence-electron chi connectivity index (χ1n) is 6.20. The first kappa shape index (κ1) is 16.6. The van der Waals surface area contributed by atoms with Crippen molar-refractivity contribution < 1.29 is 22.3 Å². The summed E-state index contributed by atoms with van der Waals surface area (Å²) in [4.78, 5) is 0. The third-order valence-corrected chi connectivity index (χ3v) is 7.72. The summed E-state index contributed by atoms with van der Waals surface area (Å²) >= 11 is 0. The van der Waals surface area contributed by atoms with Crippen LogP contribution >= 0.6 is 0 Å². The van der Waals surface area contributed by atoms with Gasteiger partial charge in [-0.05, 0) is 42.4 Å². The molecule has 0 aliphatic rings. The Hall–Kier alpha value is -1.43. The highest BCUT2D eigenvalue weighted by Gasteiger charge is 2.38. The van der Waals surface area contributed by atoms with Crippen LogP contribution in [0.5, 0.6) is 11.5 Å². The zero-order valence-electron chi connectivity index (χ0n) is 12.3. The summed E-state index contributed by atoms with van der Waals surface area (Å²) in [6, 6.07) is 4.07. The fraction of sp³-hybridized carbons (Fsp3) is 0.429. The SMILES string of the molecule is CC(C)(C)[Si](C)(C)Oc1ccc(OC(F)=C(F)F)cc1. The van der Waals surface area contributed by atoms with Crippen LogP contribution in [0.3, 0.4) is 0 Å². The molecule has 0 fully saturated rings. The Labute approximate surface area is 118 Å². The molecule has 0 aliphatic carbocycles. The van der Waals surface area contributed by atoms with Crippen LogP contribution in [0.25, 0.3) is 0 Å². The van der Waals surface area contributed by atoms with E-state index < -0.39 is 20.4 Å². The molecule has 0 saturated carbocycles. The van der Waals surface area contributed by atoms with Crippen molar-refractivity contribution in [2.24, 2.45) is 0 Å². The van der Waals surface area contributed by atoms with Gasteiger partial charge < -0.3 is 9.16 Å². The van der Waals surface area contributed by atoms with Crippen LogP contribution in [0.1, 0.15) is 20.8 Å². The van der Waals surface area contributed by atoms with Gasteiger partial charge in [0.05, 0.1) is 0 Å². The average Bonchev–Trinajstić information content (AvgIpc) is 2.29. The molecule has 20 heavy (non-hydrogen) atoms. The number of hydrogen-bond acceptors (Lipinski definition) is 2. The Bertz CT molecular complexity index is 486. The molecule has 2 nitrogen and oxygen atoms in total. The average molecular weight is 304 g/mol. The van der Waals surface area contributed by atoms with Gasteiger partial charge in [0.25, 0.3) is 0 Å². The lowest BCUT2D eigenvalue weighted by atomic mass is 10.2. The molecule has 0 aromatic heterocycles. The summed E-state index contributed by atoms with van der Waals surface area (Å²) in [5, 5.41) is 0.0500. The molecule has 0 atom stereocenters. The Morgan fingerprint density at radius 2 is 1.40 bits per heavy atom. The molecule has 6 heteroatoms. The Balaban J connectivity index is 2.80. The van der Waals surface area contributed by atoms with E-state index in [1.165, 1.54) is 12.1 Å². The van der Waals surface area contributed by atoms with Gasteiger partial charge in [-0.25, -0.2) is 0 Å². The van der Waals surface area contributed by atoms with Gasteiger partial charge in [-0.2, -0.15) is 13.2 Å². The molecule has 0 amide bonds. The molecular weight excluding hydrogens is 285 g/mol. The van der Waals surface area contributed by atoms with E-state index >= 15 is 0 Å². The van der Waals surface area contributed by atoms with Gasteiger partial charge in [0.15, 0.2) is 0 Å². The van der Waals surface area contributed by atoms with Gasteiger partial charge in [-0.15, -0.1) is 0 Å². The van der Waals surface area contributed by atoms with Crippen molar-refractivity contribution in [2.45, 2.75) is 38.9 Å². The van der Waals surface area contributed by atoms with Gasteiger partial charge >= 0.3 is 12.1 Å². The van der Waals surface area contributed by atoms with E-state index in [1.54, 1.807) is 12.1 Å². The summed E-state index contributed by atoms with van der Waals surface area (Å²) in [7, 11) is -1.96. The molecule has 0 N–H and O–H groups in total. The van der Waals surface area contributed by atoms with Crippen LogP contribution in [0.15, 0.2) is 36.4 Å². The van der Waals surface area contributed by atoms with Crippen LogP contribution in [0, 0.1) is 0 Å². The molecular formula is C14H19F3O2Si. The highest BCUT2D eigenvalue weighted by Crippen LogP contribution is 2.37. The normalized spacial score (nSPS) is 12.0. The fourth-order valence-corrected chi connectivity index (χ4v) is 2.20. The van der Waals surface area contributed by atoms with Crippen molar-refractivity contribution in [1.29, 1.82) is 0 Å². The smallest absolute Gasteiger partial charge is 0.344 e. The summed E-state index contributed by atoms with van der Waals surface area (Å²) in [6.45, 7) is 10.5. The maximum absolute atomic E-state index is 12.6. The lowest BCUT2D eigenvalue weighted by Gasteiger charge is -2.36. The minimum atomic E-state index is -2.48. The molecule has 0 aliphatic heterocycles. The van der Waals surface area contributed by atoms with Gasteiger partial charge in [0, 0.05) is 0 Å². The van der Waals surface area contributed by atoms with Crippen molar-refractivity contribution >= 4 is 8.32 Å². The Kier molecular flexibility index (Phi) is 4.91. The molecule has 0 radical (unpaired) electrons. The third kappa shape index (κ3) is 4.30. The second-order valence-electron chi connectivity index (χ2n) is 5.97. The molecule has 0 heterocycles. The second-order valence-corrected chi connectivity index (χ2v) is 10.7. The predicted molar refractivity (Wildman–Crippen MR) is 75.2 cm³/mol. The monoisotopic (exact) mass is 304 g/mol.